The van der Waals surface area contributed by atoms with E-state index in [1.54, 1.807) is 12.4 Å². The van der Waals surface area contributed by atoms with Crippen LogP contribution in [0.25, 0.3) is 104 Å². The van der Waals surface area contributed by atoms with Crippen molar-refractivity contribution in [3.8, 4) is 40.3 Å². The molecule has 6 aromatic heterocycles. The summed E-state index contributed by atoms with van der Waals surface area (Å²) < 4.78 is 19.5. The van der Waals surface area contributed by atoms with Crippen LogP contribution < -0.4 is 9.47 Å². The molecule has 10 nitrogen and oxygen atoms in total. The van der Waals surface area contributed by atoms with Crippen molar-refractivity contribution in [3.05, 3.63) is 270 Å². The average molecular weight is 1150 g/mol. The van der Waals surface area contributed by atoms with Gasteiger partial charge in [0.1, 0.15) is 11.5 Å². The Morgan fingerprint density at radius 2 is 0.827 bits per heavy atom. The van der Waals surface area contributed by atoms with E-state index >= 15 is 0 Å². The van der Waals surface area contributed by atoms with Crippen molar-refractivity contribution in [2.24, 2.45) is 0 Å². The highest BCUT2D eigenvalue weighted by Gasteiger charge is 2.22. The number of fused-ring (bicyclic) bond motifs is 14. The van der Waals surface area contributed by atoms with E-state index in [4.69, 9.17) is 32.7 Å². The summed E-state index contributed by atoms with van der Waals surface area (Å²) in [6, 6.07) is 79.9. The number of aromatic nitrogens is 8. The summed E-state index contributed by atoms with van der Waals surface area (Å²) >= 11 is 15.4. The maximum Gasteiger partial charge on any atom is 0.257 e. The van der Waals surface area contributed by atoms with Crippen molar-refractivity contribution in [2.45, 2.75) is 0 Å². The fraction of sp³-hybridized carbons (Fsp3) is 0. The van der Waals surface area contributed by atoms with Gasteiger partial charge in [-0.25, -0.2) is 19.9 Å². The summed E-state index contributed by atoms with van der Waals surface area (Å²) in [5.74, 6) is 1.87. The molecule has 0 radical (unpaired) electrons. The molecule has 0 aliphatic heterocycles. The predicted octanol–water partition coefficient (Wildman–Crippen LogP) is 19.2. The molecule has 0 unspecified atom stereocenters. The number of halogens is 3. The van der Waals surface area contributed by atoms with Gasteiger partial charge in [-0.05, 0) is 91.0 Å². The topological polar surface area (TPSA) is 101 Å². The lowest BCUT2D eigenvalue weighted by Gasteiger charge is -2.12. The maximum absolute atomic E-state index is 6.24. The molecule has 1 N–H and O–H groups in total. The van der Waals surface area contributed by atoms with Crippen LogP contribution >= 0.6 is 39.1 Å². The van der Waals surface area contributed by atoms with Crippen molar-refractivity contribution >= 4 is 126 Å². The number of benzene rings is 10. The molecule has 0 spiro atoms. The van der Waals surface area contributed by atoms with Crippen LogP contribution in [0.2, 0.25) is 10.3 Å². The number of rotatable bonds is 7. The van der Waals surface area contributed by atoms with Crippen LogP contribution in [-0.2, 0) is 0 Å². The van der Waals surface area contributed by atoms with Gasteiger partial charge in [0.15, 0.2) is 10.3 Å². The Morgan fingerprint density at radius 3 is 1.43 bits per heavy atom. The van der Waals surface area contributed by atoms with Crippen LogP contribution in [0.5, 0.6) is 23.3 Å². The summed E-state index contributed by atoms with van der Waals surface area (Å²) in [4.78, 5) is 19.8. The van der Waals surface area contributed by atoms with E-state index in [0.717, 1.165) is 32.4 Å². The van der Waals surface area contributed by atoms with Gasteiger partial charge in [-0.3, -0.25) is 0 Å². The Labute approximate surface area is 481 Å². The Kier molecular flexibility index (Phi) is 12.9. The molecule has 0 saturated carbocycles. The molecule has 0 amide bonds. The quantitative estimate of drug-likeness (QED) is 0.171. The molecule has 0 aliphatic carbocycles. The minimum Gasteiger partial charge on any atom is -0.436 e. The third-order valence-corrected chi connectivity index (χ3v) is 15.4. The van der Waals surface area contributed by atoms with Crippen LogP contribution in [0.3, 0.4) is 0 Å². The molecular weight excluding hydrogens is 1110 g/mol. The minimum atomic E-state index is 0.222. The SMILES string of the molecule is Clc1nccnc1Oc1cccc(-n2c3ccccc3c3ccc4c(c5ccccc5n4-c4ccccc4)c32)c1.Clc1nccnc1Oc1cccc(Br)c1.c1ccc(-n2c3ccccc3c3c4[nH]c5ccccc5c4ccc32)cc1. The van der Waals surface area contributed by atoms with Gasteiger partial charge in [-0.1, -0.05) is 173 Å². The number of nitrogens with zero attached hydrogens (tertiary/aromatic N) is 7. The highest BCUT2D eigenvalue weighted by atomic mass is 79.9. The first kappa shape index (κ1) is 49.5. The second kappa shape index (κ2) is 21.1. The van der Waals surface area contributed by atoms with Gasteiger partial charge >= 0.3 is 0 Å². The molecule has 0 atom stereocenters. The number of H-pyrrole nitrogens is 1. The van der Waals surface area contributed by atoms with E-state index in [1.165, 1.54) is 88.8 Å². The summed E-state index contributed by atoms with van der Waals surface area (Å²) in [6.45, 7) is 0. The Bertz CT molecular complexity index is 5020. The predicted molar refractivity (Wildman–Crippen MR) is 334 cm³/mol. The first-order valence-corrected chi connectivity index (χ1v) is 27.6. The lowest BCUT2D eigenvalue weighted by atomic mass is 10.1. The first-order chi connectivity index (χ1) is 39.9. The summed E-state index contributed by atoms with van der Waals surface area (Å²) in [7, 11) is 0. The lowest BCUT2D eigenvalue weighted by molar-refractivity contribution is 0.460. The van der Waals surface area contributed by atoms with E-state index < -0.39 is 0 Å². The zero-order chi connectivity index (χ0) is 54.4. The number of hydrogen-bond donors (Lipinski definition) is 1. The van der Waals surface area contributed by atoms with Crippen molar-refractivity contribution in [3.63, 3.8) is 0 Å². The number of hydrogen-bond acceptors (Lipinski definition) is 6. The standard InChI is InChI=1S/C34H21ClN4O.C24H16N2.C10H6BrClN2O/c35-33-34(37-20-19-36-33)40-24-12-8-11-23(21-24)39-28-15-6-4-13-25(28)26-17-18-30-31(32(26)39)27-14-5-7-16-29(27)38(30)22-9-2-1-3-10-22;1-2-8-16(9-3-1)26-21-13-7-5-11-19(21)23-22(26)15-14-18-17-10-4-6-12-20(17)25-24(18)23;11-7-2-1-3-8(6-7)15-10-9(12)13-4-5-14-10/h1-21H;1-15,25H;1-6H. The highest BCUT2D eigenvalue weighted by molar-refractivity contribution is 9.10. The van der Waals surface area contributed by atoms with E-state index in [0.29, 0.717) is 17.4 Å². The number of ether oxygens (including phenoxy) is 2. The molecule has 0 aliphatic rings. The second-order valence-corrected chi connectivity index (χ2v) is 20.7. The van der Waals surface area contributed by atoms with Crippen LogP contribution in [0, 0.1) is 0 Å². The van der Waals surface area contributed by atoms with Crippen LogP contribution in [0.4, 0.5) is 0 Å². The van der Waals surface area contributed by atoms with Gasteiger partial charge in [-0.2, -0.15) is 0 Å². The smallest absolute Gasteiger partial charge is 0.257 e. The third kappa shape index (κ3) is 9.03. The number of para-hydroxylation sites is 6. The van der Waals surface area contributed by atoms with Gasteiger partial charge in [0, 0.05) is 101 Å². The molecule has 16 aromatic rings. The second-order valence-electron chi connectivity index (χ2n) is 19.1. The lowest BCUT2D eigenvalue weighted by Crippen LogP contribution is -1.96. The maximum atomic E-state index is 6.24. The van der Waals surface area contributed by atoms with E-state index in [1.807, 2.05) is 42.5 Å². The molecule has 0 saturated heterocycles. The molecule has 10 aromatic carbocycles. The first-order valence-electron chi connectivity index (χ1n) is 26.1. The van der Waals surface area contributed by atoms with Crippen molar-refractivity contribution < 1.29 is 9.47 Å². The molecule has 16 rings (SSSR count). The van der Waals surface area contributed by atoms with Crippen molar-refractivity contribution in [1.29, 1.82) is 0 Å². The zero-order valence-corrected chi connectivity index (χ0v) is 45.9. The number of nitrogens with one attached hydrogen (secondary N) is 1. The van der Waals surface area contributed by atoms with E-state index in [-0.39, 0.29) is 16.2 Å². The molecule has 388 valence electrons. The van der Waals surface area contributed by atoms with Crippen molar-refractivity contribution in [2.75, 3.05) is 0 Å². The van der Waals surface area contributed by atoms with E-state index in [2.05, 4.69) is 243 Å². The minimum absolute atomic E-state index is 0.222. The normalized spacial score (nSPS) is 11.4. The highest BCUT2D eigenvalue weighted by Crippen LogP contribution is 2.43. The zero-order valence-electron chi connectivity index (χ0n) is 42.8. The molecule has 0 bridgehead atoms. The molecule has 0 fully saturated rings. The number of aromatic amines is 1. The summed E-state index contributed by atoms with van der Waals surface area (Å²) in [6.07, 6.45) is 6.15. The monoisotopic (exact) mass is 1150 g/mol. The van der Waals surface area contributed by atoms with Crippen LogP contribution in [-0.4, -0.2) is 38.6 Å². The van der Waals surface area contributed by atoms with Gasteiger partial charge in [0.2, 0.25) is 0 Å². The average Bonchev–Trinajstić information content (AvgIpc) is 2.43. The van der Waals surface area contributed by atoms with Gasteiger partial charge < -0.3 is 28.2 Å². The van der Waals surface area contributed by atoms with Gasteiger partial charge in [0.25, 0.3) is 11.8 Å². The van der Waals surface area contributed by atoms with Gasteiger partial charge in [-0.15, -0.1) is 0 Å². The fourth-order valence-electron chi connectivity index (χ4n) is 11.1. The summed E-state index contributed by atoms with van der Waals surface area (Å²) in [5, 5.41) is 10.4. The van der Waals surface area contributed by atoms with Gasteiger partial charge in [0.05, 0.1) is 38.6 Å². The Balaban J connectivity index is 0.000000122. The Morgan fingerprint density at radius 1 is 0.358 bits per heavy atom. The van der Waals surface area contributed by atoms with E-state index in [9.17, 15) is 0 Å². The van der Waals surface area contributed by atoms with Crippen molar-refractivity contribution in [1.82, 2.24) is 38.6 Å². The van der Waals surface area contributed by atoms with Crippen LogP contribution in [0.15, 0.2) is 260 Å². The summed E-state index contributed by atoms with van der Waals surface area (Å²) in [5.41, 5.74) is 12.8. The molecule has 13 heteroatoms. The fourth-order valence-corrected chi connectivity index (χ4v) is 11.7. The third-order valence-electron chi connectivity index (χ3n) is 14.4. The molecular formula is C68H43BrCl2N8O2. The largest absolute Gasteiger partial charge is 0.436 e. The van der Waals surface area contributed by atoms with Crippen LogP contribution in [0.1, 0.15) is 0 Å². The molecule has 81 heavy (non-hydrogen) atoms. The molecule has 6 heterocycles. The Hall–Kier alpha value is -9.78.